The monoisotopic (exact) mass is 443 g/mol. The molecule has 0 aliphatic rings. The van der Waals surface area contributed by atoms with Gasteiger partial charge in [0, 0.05) is 30.9 Å². The van der Waals surface area contributed by atoms with E-state index in [9.17, 15) is 4.79 Å². The van der Waals surface area contributed by atoms with E-state index >= 15 is 0 Å². The highest BCUT2D eigenvalue weighted by Gasteiger charge is 2.20. The highest BCUT2D eigenvalue weighted by molar-refractivity contribution is 5.74. The summed E-state index contributed by atoms with van der Waals surface area (Å²) in [4.78, 5) is 16.6. The molecule has 2 amide bonds. The molecule has 2 heterocycles. The molecule has 1 atom stereocenters. The van der Waals surface area contributed by atoms with Gasteiger partial charge in [-0.05, 0) is 38.4 Å². The molecule has 4 aromatic rings. The Kier molecular flexibility index (Phi) is 6.90. The number of hydrogen-bond donors (Lipinski definition) is 1. The van der Waals surface area contributed by atoms with E-state index in [-0.39, 0.29) is 12.1 Å². The van der Waals surface area contributed by atoms with Gasteiger partial charge >= 0.3 is 6.03 Å². The summed E-state index contributed by atoms with van der Waals surface area (Å²) < 4.78 is 7.40. The van der Waals surface area contributed by atoms with Crippen molar-refractivity contribution in [3.8, 4) is 16.9 Å². The predicted octanol–water partition coefficient (Wildman–Crippen LogP) is 4.58. The van der Waals surface area contributed by atoms with Gasteiger partial charge in [0.2, 0.25) is 0 Å². The molecular formula is C26H29N5O2. The highest BCUT2D eigenvalue weighted by Crippen LogP contribution is 2.25. The quantitative estimate of drug-likeness (QED) is 0.433. The van der Waals surface area contributed by atoms with Crippen molar-refractivity contribution in [2.24, 2.45) is 0 Å². The molecule has 4 rings (SSSR count). The molecule has 0 fully saturated rings. The summed E-state index contributed by atoms with van der Waals surface area (Å²) in [5, 5.41) is 7.86. The van der Waals surface area contributed by atoms with Crippen LogP contribution in [0.3, 0.4) is 0 Å². The fourth-order valence-electron chi connectivity index (χ4n) is 3.74. The third-order valence-electron chi connectivity index (χ3n) is 5.55. The van der Waals surface area contributed by atoms with E-state index in [1.54, 1.807) is 18.2 Å². The molecular weight excluding hydrogens is 414 g/mol. The molecule has 0 bridgehead atoms. The number of furan rings is 1. The number of nitrogens with zero attached hydrogens (tertiary/aromatic N) is 4. The summed E-state index contributed by atoms with van der Waals surface area (Å²) in [6.45, 7) is 0.870. The zero-order chi connectivity index (χ0) is 23.2. The van der Waals surface area contributed by atoms with Crippen LogP contribution in [0.5, 0.6) is 0 Å². The number of benzene rings is 2. The fraction of sp³-hybridized carbons (Fsp3) is 0.231. The van der Waals surface area contributed by atoms with Crippen molar-refractivity contribution in [3.05, 3.63) is 96.6 Å². The van der Waals surface area contributed by atoms with Crippen molar-refractivity contribution in [1.82, 2.24) is 24.9 Å². The molecule has 0 radical (unpaired) electrons. The second kappa shape index (κ2) is 10.2. The Labute approximate surface area is 194 Å². The second-order valence-corrected chi connectivity index (χ2v) is 8.19. The maximum absolute atomic E-state index is 12.9. The molecule has 0 saturated carbocycles. The number of carbonyl (C=O) groups is 1. The Morgan fingerprint density at radius 2 is 1.70 bits per heavy atom. The third kappa shape index (κ3) is 5.32. The smallest absolute Gasteiger partial charge is 0.317 e. The molecule has 170 valence electrons. The van der Waals surface area contributed by atoms with Crippen LogP contribution in [-0.4, -0.2) is 53.3 Å². The molecule has 1 unspecified atom stereocenters. The molecule has 0 spiro atoms. The number of para-hydroxylation sites is 1. The van der Waals surface area contributed by atoms with Gasteiger partial charge in [0.25, 0.3) is 0 Å². The van der Waals surface area contributed by atoms with Crippen molar-refractivity contribution in [1.29, 1.82) is 0 Å². The van der Waals surface area contributed by atoms with E-state index < -0.39 is 0 Å². The number of amides is 2. The average molecular weight is 444 g/mol. The summed E-state index contributed by atoms with van der Waals surface area (Å²) in [6, 6.07) is 23.6. The van der Waals surface area contributed by atoms with Crippen LogP contribution < -0.4 is 5.32 Å². The molecule has 0 aliphatic heterocycles. The summed E-state index contributed by atoms with van der Waals surface area (Å²) in [7, 11) is 5.72. The maximum atomic E-state index is 12.9. The van der Waals surface area contributed by atoms with Crippen molar-refractivity contribution in [3.63, 3.8) is 0 Å². The molecule has 2 aromatic heterocycles. The summed E-state index contributed by atoms with van der Waals surface area (Å²) >= 11 is 0. The molecule has 0 aliphatic carbocycles. The predicted molar refractivity (Wildman–Crippen MR) is 129 cm³/mol. The maximum Gasteiger partial charge on any atom is 0.317 e. The Morgan fingerprint density at radius 3 is 2.33 bits per heavy atom. The van der Waals surface area contributed by atoms with Gasteiger partial charge in [-0.15, -0.1) is 0 Å². The molecule has 0 saturated heterocycles. The van der Waals surface area contributed by atoms with Gasteiger partial charge in [-0.25, -0.2) is 9.48 Å². The van der Waals surface area contributed by atoms with E-state index in [1.807, 2.05) is 103 Å². The SMILES string of the molecule is CN(Cc1cn(-c2ccccc2)nc1-c1ccccc1)C(=O)NCC(c1ccco1)N(C)C. The van der Waals surface area contributed by atoms with Gasteiger partial charge in [-0.3, -0.25) is 4.90 Å². The van der Waals surface area contributed by atoms with E-state index in [1.165, 1.54) is 0 Å². The molecule has 2 aromatic carbocycles. The summed E-state index contributed by atoms with van der Waals surface area (Å²) in [5.41, 5.74) is 3.82. The Bertz CT molecular complexity index is 1150. The van der Waals surface area contributed by atoms with Crippen LogP contribution >= 0.6 is 0 Å². The molecule has 7 heteroatoms. The van der Waals surface area contributed by atoms with Gasteiger partial charge in [0.05, 0.1) is 30.2 Å². The molecule has 7 nitrogen and oxygen atoms in total. The van der Waals surface area contributed by atoms with Crippen LogP contribution in [-0.2, 0) is 6.54 Å². The van der Waals surface area contributed by atoms with Crippen LogP contribution in [0.1, 0.15) is 17.4 Å². The minimum atomic E-state index is -0.153. The van der Waals surface area contributed by atoms with E-state index in [0.29, 0.717) is 13.1 Å². The summed E-state index contributed by atoms with van der Waals surface area (Å²) in [5.74, 6) is 0.818. The first-order valence-corrected chi connectivity index (χ1v) is 10.9. The van der Waals surface area contributed by atoms with Gasteiger partial charge in [-0.1, -0.05) is 48.5 Å². The van der Waals surface area contributed by atoms with Gasteiger partial charge in [-0.2, -0.15) is 5.10 Å². The van der Waals surface area contributed by atoms with Crippen molar-refractivity contribution in [2.45, 2.75) is 12.6 Å². The van der Waals surface area contributed by atoms with Crippen molar-refractivity contribution < 1.29 is 9.21 Å². The van der Waals surface area contributed by atoms with Gasteiger partial charge in [0.15, 0.2) is 0 Å². The first-order valence-electron chi connectivity index (χ1n) is 10.9. The first-order chi connectivity index (χ1) is 16.0. The Balaban J connectivity index is 1.51. The summed E-state index contributed by atoms with van der Waals surface area (Å²) in [6.07, 6.45) is 3.64. The fourth-order valence-corrected chi connectivity index (χ4v) is 3.74. The van der Waals surface area contributed by atoms with Crippen LogP contribution in [0.25, 0.3) is 16.9 Å². The van der Waals surface area contributed by atoms with E-state index in [2.05, 4.69) is 5.32 Å². The highest BCUT2D eigenvalue weighted by atomic mass is 16.3. The van der Waals surface area contributed by atoms with E-state index in [0.717, 1.165) is 28.3 Å². The Hall–Kier alpha value is -3.84. The van der Waals surface area contributed by atoms with Crippen LogP contribution in [0.15, 0.2) is 89.7 Å². The zero-order valence-electron chi connectivity index (χ0n) is 19.2. The van der Waals surface area contributed by atoms with Gasteiger partial charge in [0.1, 0.15) is 5.76 Å². The average Bonchev–Trinajstić information content (AvgIpc) is 3.51. The van der Waals surface area contributed by atoms with Crippen molar-refractivity contribution in [2.75, 3.05) is 27.7 Å². The van der Waals surface area contributed by atoms with Crippen LogP contribution in [0.4, 0.5) is 4.79 Å². The third-order valence-corrected chi connectivity index (χ3v) is 5.55. The van der Waals surface area contributed by atoms with E-state index in [4.69, 9.17) is 9.52 Å². The topological polar surface area (TPSA) is 66.5 Å². The number of aromatic nitrogens is 2. The van der Waals surface area contributed by atoms with Crippen LogP contribution in [0.2, 0.25) is 0 Å². The minimum Gasteiger partial charge on any atom is -0.468 e. The minimum absolute atomic E-state index is 0.0435. The second-order valence-electron chi connectivity index (χ2n) is 8.19. The number of hydrogen-bond acceptors (Lipinski definition) is 4. The largest absolute Gasteiger partial charge is 0.468 e. The molecule has 33 heavy (non-hydrogen) atoms. The number of rotatable bonds is 8. The lowest BCUT2D eigenvalue weighted by atomic mass is 10.1. The first kappa shape index (κ1) is 22.4. The number of urea groups is 1. The number of nitrogens with one attached hydrogen (secondary N) is 1. The standard InChI is InChI=1S/C26H29N5O2/c1-29(2)23(24-15-10-16-33-24)17-27-26(32)30(3)18-21-19-31(22-13-8-5-9-14-22)28-25(21)20-11-6-4-7-12-20/h4-16,19,23H,17-18H2,1-3H3,(H,27,32). The number of carbonyl (C=O) groups excluding carboxylic acids is 1. The lowest BCUT2D eigenvalue weighted by Crippen LogP contribution is -2.41. The van der Waals surface area contributed by atoms with Crippen LogP contribution in [0, 0.1) is 0 Å². The number of likely N-dealkylation sites (N-methyl/N-ethyl adjacent to an activating group) is 1. The van der Waals surface area contributed by atoms with Crippen molar-refractivity contribution >= 4 is 6.03 Å². The zero-order valence-corrected chi connectivity index (χ0v) is 19.2. The normalized spacial score (nSPS) is 12.0. The lowest BCUT2D eigenvalue weighted by Gasteiger charge is -2.24. The molecule has 1 N–H and O–H groups in total. The van der Waals surface area contributed by atoms with Gasteiger partial charge < -0.3 is 14.6 Å². The Morgan fingerprint density at radius 1 is 1.00 bits per heavy atom. The lowest BCUT2D eigenvalue weighted by molar-refractivity contribution is 0.197.